The highest BCUT2D eigenvalue weighted by Crippen LogP contribution is 2.41. The van der Waals surface area contributed by atoms with Crippen molar-refractivity contribution in [3.63, 3.8) is 0 Å². The third kappa shape index (κ3) is 4.22. The van der Waals surface area contributed by atoms with E-state index in [2.05, 4.69) is 5.32 Å². The fourth-order valence-electron chi connectivity index (χ4n) is 3.96. The van der Waals surface area contributed by atoms with Gasteiger partial charge < -0.3 is 11.1 Å². The lowest BCUT2D eigenvalue weighted by Crippen LogP contribution is -2.12. The van der Waals surface area contributed by atoms with E-state index in [0.29, 0.717) is 32.0 Å². The lowest BCUT2D eigenvalue weighted by atomic mass is 9.99. The normalized spacial score (nSPS) is 10.9. The van der Waals surface area contributed by atoms with Crippen LogP contribution in [-0.4, -0.2) is 15.8 Å². The molecule has 0 saturated carbocycles. The van der Waals surface area contributed by atoms with Crippen LogP contribution in [0, 0.1) is 17.0 Å². The summed E-state index contributed by atoms with van der Waals surface area (Å²) < 4.78 is 0. The molecule has 0 aliphatic rings. The first-order valence-electron chi connectivity index (χ1n) is 10.8. The van der Waals surface area contributed by atoms with Crippen LogP contribution in [0.4, 0.5) is 17.1 Å². The predicted octanol–water partition coefficient (Wildman–Crippen LogP) is 6.68. The number of amides is 1. The maximum atomic E-state index is 13.2. The Kier molecular flexibility index (Phi) is 5.72. The summed E-state index contributed by atoms with van der Waals surface area (Å²) in [7, 11) is 0. The molecule has 0 fully saturated rings. The van der Waals surface area contributed by atoms with E-state index in [1.165, 1.54) is 17.4 Å². The van der Waals surface area contributed by atoms with Crippen molar-refractivity contribution in [3.05, 3.63) is 105 Å². The molecule has 2 aromatic heterocycles. The number of nitrogens with two attached hydrogens (primary N) is 1. The van der Waals surface area contributed by atoms with Crippen molar-refractivity contribution < 1.29 is 9.72 Å². The number of hydrogen-bond donors (Lipinski definition) is 2. The Labute approximate surface area is 205 Å². The van der Waals surface area contributed by atoms with Crippen molar-refractivity contribution in [2.24, 2.45) is 0 Å². The third-order valence-electron chi connectivity index (χ3n) is 5.72. The summed E-state index contributed by atoms with van der Waals surface area (Å²) in [6, 6.07) is 26.2. The maximum absolute atomic E-state index is 13.2. The Morgan fingerprint density at radius 3 is 2.29 bits per heavy atom. The van der Waals surface area contributed by atoms with E-state index in [4.69, 9.17) is 10.7 Å². The second kappa shape index (κ2) is 9.00. The second-order valence-electron chi connectivity index (χ2n) is 8.02. The molecule has 5 aromatic rings. The monoisotopic (exact) mass is 480 g/mol. The number of hydrogen-bond acceptors (Lipinski definition) is 6. The van der Waals surface area contributed by atoms with Crippen LogP contribution >= 0.6 is 11.3 Å². The van der Waals surface area contributed by atoms with Gasteiger partial charge in [-0.3, -0.25) is 14.9 Å². The topological polar surface area (TPSA) is 111 Å². The van der Waals surface area contributed by atoms with Crippen LogP contribution in [0.1, 0.15) is 15.2 Å². The zero-order chi connectivity index (χ0) is 24.5. The number of anilines is 2. The fraction of sp³-hybridized carbons (Fsp3) is 0.0370. The van der Waals surface area contributed by atoms with Crippen LogP contribution < -0.4 is 11.1 Å². The molecule has 35 heavy (non-hydrogen) atoms. The molecule has 0 atom stereocenters. The Balaban J connectivity index is 1.63. The Bertz CT molecular complexity index is 1580. The van der Waals surface area contributed by atoms with E-state index in [1.54, 1.807) is 19.1 Å². The number of thiophene rings is 1. The minimum Gasteiger partial charge on any atom is -0.397 e. The molecule has 0 saturated heterocycles. The lowest BCUT2D eigenvalue weighted by Gasteiger charge is -2.09. The van der Waals surface area contributed by atoms with Crippen LogP contribution in [0.2, 0.25) is 0 Å². The molecule has 3 N–H and O–H groups in total. The first kappa shape index (κ1) is 22.2. The molecule has 7 nitrogen and oxygen atoms in total. The summed E-state index contributed by atoms with van der Waals surface area (Å²) in [6.07, 6.45) is 0. The number of nitrogen functional groups attached to an aromatic ring is 1. The number of aryl methyl sites for hydroxylation is 1. The highest BCUT2D eigenvalue weighted by atomic mass is 32.1. The summed E-state index contributed by atoms with van der Waals surface area (Å²) in [5.41, 5.74) is 11.2. The van der Waals surface area contributed by atoms with Crippen LogP contribution in [0.3, 0.4) is 0 Å². The number of aromatic nitrogens is 1. The van der Waals surface area contributed by atoms with Gasteiger partial charge in [0.15, 0.2) is 0 Å². The zero-order valence-corrected chi connectivity index (χ0v) is 19.5. The van der Waals surface area contributed by atoms with Crippen molar-refractivity contribution in [2.75, 3.05) is 11.1 Å². The molecule has 0 spiro atoms. The number of nitrogens with zero attached hydrogens (tertiary/aromatic N) is 2. The molecule has 0 radical (unpaired) electrons. The highest BCUT2D eigenvalue weighted by Gasteiger charge is 2.22. The van der Waals surface area contributed by atoms with E-state index in [-0.39, 0.29) is 5.69 Å². The van der Waals surface area contributed by atoms with Gasteiger partial charge in [0.1, 0.15) is 9.71 Å². The quantitative estimate of drug-likeness (QED) is 0.215. The summed E-state index contributed by atoms with van der Waals surface area (Å²) in [5.74, 6) is -0.441. The molecular formula is C27H20N4O3S. The number of carbonyl (C=O) groups excluding carboxylic acids is 1. The number of nitro benzene ring substituents is 1. The molecule has 0 aliphatic carbocycles. The summed E-state index contributed by atoms with van der Waals surface area (Å²) in [4.78, 5) is 29.8. The number of nitrogens with one attached hydrogen (secondary N) is 1. The van der Waals surface area contributed by atoms with E-state index < -0.39 is 10.8 Å². The maximum Gasteiger partial charge on any atom is 0.274 e. The van der Waals surface area contributed by atoms with Gasteiger partial charge in [0, 0.05) is 28.3 Å². The van der Waals surface area contributed by atoms with E-state index in [0.717, 1.165) is 22.4 Å². The van der Waals surface area contributed by atoms with Gasteiger partial charge in [-0.25, -0.2) is 4.98 Å². The second-order valence-corrected chi connectivity index (χ2v) is 9.02. The van der Waals surface area contributed by atoms with Crippen molar-refractivity contribution >= 4 is 44.5 Å². The Morgan fingerprint density at radius 2 is 1.63 bits per heavy atom. The van der Waals surface area contributed by atoms with Crippen molar-refractivity contribution in [2.45, 2.75) is 6.92 Å². The molecular weight excluding hydrogens is 460 g/mol. The van der Waals surface area contributed by atoms with Crippen molar-refractivity contribution in [1.29, 1.82) is 0 Å². The molecule has 1 amide bonds. The molecule has 8 heteroatoms. The average molecular weight is 481 g/mol. The smallest absolute Gasteiger partial charge is 0.274 e. The standard InChI is InChI=1S/C27H20N4O3S/c1-16-12-13-19(14-22(16)31(33)34)29-26(32)25-24(28)23-20(17-8-4-2-5-9-17)15-21(30-27(23)35-25)18-10-6-3-7-11-18/h2-15H,28H2,1H3,(H,29,32). The van der Waals surface area contributed by atoms with Gasteiger partial charge in [0.05, 0.1) is 16.3 Å². The van der Waals surface area contributed by atoms with Gasteiger partial charge in [-0.1, -0.05) is 66.7 Å². The van der Waals surface area contributed by atoms with Gasteiger partial charge in [-0.05, 0) is 30.2 Å². The number of rotatable bonds is 5. The van der Waals surface area contributed by atoms with Crippen LogP contribution in [0.25, 0.3) is 32.6 Å². The molecule has 5 rings (SSSR count). The summed E-state index contributed by atoms with van der Waals surface area (Å²) in [6.45, 7) is 1.65. The van der Waals surface area contributed by atoms with Gasteiger partial charge in [-0.2, -0.15) is 0 Å². The highest BCUT2D eigenvalue weighted by molar-refractivity contribution is 7.21. The molecule has 0 unspecified atom stereocenters. The third-order valence-corrected chi connectivity index (χ3v) is 6.82. The lowest BCUT2D eigenvalue weighted by molar-refractivity contribution is -0.385. The molecule has 0 bridgehead atoms. The van der Waals surface area contributed by atoms with Crippen LogP contribution in [0.5, 0.6) is 0 Å². The number of fused-ring (bicyclic) bond motifs is 1. The molecule has 3 aromatic carbocycles. The van der Waals surface area contributed by atoms with Gasteiger partial charge in [0.25, 0.3) is 11.6 Å². The molecule has 172 valence electrons. The average Bonchev–Trinajstić information content (AvgIpc) is 3.22. The first-order valence-corrected chi connectivity index (χ1v) is 11.6. The summed E-state index contributed by atoms with van der Waals surface area (Å²) >= 11 is 1.20. The van der Waals surface area contributed by atoms with Crippen molar-refractivity contribution in [1.82, 2.24) is 4.98 Å². The SMILES string of the molecule is Cc1ccc(NC(=O)c2sc3nc(-c4ccccc4)cc(-c4ccccc4)c3c2N)cc1[N+](=O)[O-]. The predicted molar refractivity (Wildman–Crippen MR) is 141 cm³/mol. The van der Waals surface area contributed by atoms with Crippen molar-refractivity contribution in [3.8, 4) is 22.4 Å². The number of pyridine rings is 1. The van der Waals surface area contributed by atoms with Crippen LogP contribution in [-0.2, 0) is 0 Å². The minimum atomic E-state index is -0.472. The van der Waals surface area contributed by atoms with E-state index in [1.807, 2.05) is 66.7 Å². The Hall–Kier alpha value is -4.56. The van der Waals surface area contributed by atoms with Gasteiger partial charge in [-0.15, -0.1) is 11.3 Å². The van der Waals surface area contributed by atoms with E-state index in [9.17, 15) is 14.9 Å². The molecule has 2 heterocycles. The van der Waals surface area contributed by atoms with Gasteiger partial charge in [0.2, 0.25) is 0 Å². The number of benzene rings is 3. The summed E-state index contributed by atoms with van der Waals surface area (Å²) in [5, 5.41) is 14.7. The number of nitro groups is 1. The fourth-order valence-corrected chi connectivity index (χ4v) is 4.98. The van der Waals surface area contributed by atoms with E-state index >= 15 is 0 Å². The number of carbonyl (C=O) groups is 1. The van der Waals surface area contributed by atoms with Crippen LogP contribution in [0.15, 0.2) is 84.9 Å². The first-order chi connectivity index (χ1) is 16.9. The van der Waals surface area contributed by atoms with Gasteiger partial charge >= 0.3 is 0 Å². The molecule has 0 aliphatic heterocycles. The Morgan fingerprint density at radius 1 is 0.971 bits per heavy atom. The zero-order valence-electron chi connectivity index (χ0n) is 18.7. The minimum absolute atomic E-state index is 0.0624. The largest absolute Gasteiger partial charge is 0.397 e.